The third-order valence-electron chi connectivity index (χ3n) is 7.38. The molecule has 0 spiro atoms. The molecule has 1 N–H and O–H groups in total. The molecule has 1 saturated heterocycles. The smallest absolute Gasteiger partial charge is 0.255 e. The Balaban J connectivity index is 1.26. The molecule has 3 fully saturated rings. The minimum absolute atomic E-state index is 0.118. The molecule has 1 aliphatic heterocycles. The monoisotopic (exact) mass is 414 g/mol. The molecule has 156 valence electrons. The highest BCUT2D eigenvalue weighted by atomic mass is 16.5. The number of nitrogens with zero attached hydrogens (tertiary/aromatic N) is 1. The standard InChI is InChI=1S/C25H22N2O4/c1-31-16-7-5-14(6-8-16)26-23(28)13-3-2-4-15(11-13)27-24(29)21-17-9-10-18(20-12-19(17)20)22(21)25(27)30/h2-11,17-22H,12H2,1H3,(H,26,28)/t17-,18+,19+,20-,21-,22+. The zero-order chi connectivity index (χ0) is 21.3. The lowest BCUT2D eigenvalue weighted by Crippen LogP contribution is -2.40. The Kier molecular flexibility index (Phi) is 3.88. The van der Waals surface area contributed by atoms with E-state index < -0.39 is 0 Å². The minimum Gasteiger partial charge on any atom is -0.497 e. The lowest BCUT2D eigenvalue weighted by atomic mass is 9.63. The second-order valence-electron chi connectivity index (χ2n) is 8.90. The van der Waals surface area contributed by atoms with Gasteiger partial charge in [-0.3, -0.25) is 14.4 Å². The quantitative estimate of drug-likeness (QED) is 0.614. The average Bonchev–Trinajstić information content (AvgIpc) is 3.57. The summed E-state index contributed by atoms with van der Waals surface area (Å²) in [5.41, 5.74) is 1.50. The van der Waals surface area contributed by atoms with Crippen LogP contribution in [0.4, 0.5) is 11.4 Å². The van der Waals surface area contributed by atoms with Crippen molar-refractivity contribution in [1.82, 2.24) is 0 Å². The van der Waals surface area contributed by atoms with Crippen molar-refractivity contribution in [3.63, 3.8) is 0 Å². The number of hydrogen-bond donors (Lipinski definition) is 1. The maximum Gasteiger partial charge on any atom is 0.255 e. The van der Waals surface area contributed by atoms with Crippen molar-refractivity contribution in [2.75, 3.05) is 17.3 Å². The summed E-state index contributed by atoms with van der Waals surface area (Å²) in [6.07, 6.45) is 5.46. The number of benzene rings is 2. The fraction of sp³-hybridized carbons (Fsp3) is 0.320. The Hall–Kier alpha value is -3.41. The van der Waals surface area contributed by atoms with Gasteiger partial charge in [0.05, 0.1) is 24.6 Å². The molecule has 1 heterocycles. The number of anilines is 2. The predicted molar refractivity (Wildman–Crippen MR) is 115 cm³/mol. The SMILES string of the molecule is COc1ccc(NC(=O)c2cccc(N3C(=O)[C@@H]4[C@@H]5C=C[C@@H]([C@H]6C[C@@H]56)[C@@H]4C3=O)c2)cc1. The van der Waals surface area contributed by atoms with Crippen LogP contribution in [0, 0.1) is 35.5 Å². The molecule has 2 aromatic carbocycles. The van der Waals surface area contributed by atoms with Crippen molar-refractivity contribution in [3.8, 4) is 5.75 Å². The summed E-state index contributed by atoms with van der Waals surface area (Å²) in [4.78, 5) is 40.7. The van der Waals surface area contributed by atoms with Gasteiger partial charge in [0.25, 0.3) is 5.91 Å². The van der Waals surface area contributed by atoms with Crippen LogP contribution < -0.4 is 15.0 Å². The summed E-state index contributed by atoms with van der Waals surface area (Å²) < 4.78 is 5.13. The summed E-state index contributed by atoms with van der Waals surface area (Å²) in [5.74, 6) is 1.17. The van der Waals surface area contributed by atoms with Gasteiger partial charge in [-0.2, -0.15) is 0 Å². The number of imide groups is 1. The van der Waals surface area contributed by atoms with Gasteiger partial charge >= 0.3 is 0 Å². The maximum atomic E-state index is 13.3. The Morgan fingerprint density at radius 2 is 1.61 bits per heavy atom. The van der Waals surface area contributed by atoms with Crippen LogP contribution in [0.5, 0.6) is 5.75 Å². The molecule has 7 rings (SSSR count). The largest absolute Gasteiger partial charge is 0.497 e. The molecule has 0 unspecified atom stereocenters. The van der Waals surface area contributed by atoms with Gasteiger partial charge in [-0.25, -0.2) is 4.90 Å². The van der Waals surface area contributed by atoms with Crippen LogP contribution in [0.2, 0.25) is 0 Å². The van der Waals surface area contributed by atoms with Gasteiger partial charge in [0, 0.05) is 11.3 Å². The molecular formula is C25H22N2O4. The molecule has 6 atom stereocenters. The van der Waals surface area contributed by atoms with Crippen LogP contribution >= 0.6 is 0 Å². The van der Waals surface area contributed by atoms with Crippen molar-refractivity contribution in [1.29, 1.82) is 0 Å². The van der Waals surface area contributed by atoms with Crippen LogP contribution in [0.1, 0.15) is 16.8 Å². The van der Waals surface area contributed by atoms with E-state index in [2.05, 4.69) is 17.5 Å². The molecule has 0 radical (unpaired) electrons. The average molecular weight is 414 g/mol. The van der Waals surface area contributed by atoms with E-state index in [1.54, 1.807) is 55.6 Å². The van der Waals surface area contributed by atoms with Crippen molar-refractivity contribution < 1.29 is 19.1 Å². The first-order valence-corrected chi connectivity index (χ1v) is 10.7. The van der Waals surface area contributed by atoms with E-state index in [1.807, 2.05) is 0 Å². The van der Waals surface area contributed by atoms with Gasteiger partial charge in [-0.15, -0.1) is 0 Å². The highest BCUT2D eigenvalue weighted by Crippen LogP contribution is 2.65. The van der Waals surface area contributed by atoms with Gasteiger partial charge in [0.15, 0.2) is 0 Å². The third-order valence-corrected chi connectivity index (χ3v) is 7.38. The van der Waals surface area contributed by atoms with Crippen LogP contribution in [-0.2, 0) is 9.59 Å². The van der Waals surface area contributed by atoms with E-state index in [4.69, 9.17) is 4.74 Å². The first-order chi connectivity index (χ1) is 15.1. The van der Waals surface area contributed by atoms with Crippen LogP contribution in [0.25, 0.3) is 0 Å². The number of amides is 3. The number of rotatable bonds is 4. The van der Waals surface area contributed by atoms with Gasteiger partial charge < -0.3 is 10.1 Å². The first-order valence-electron chi connectivity index (χ1n) is 10.7. The predicted octanol–water partition coefficient (Wildman–Crippen LogP) is 3.51. The Morgan fingerprint density at radius 1 is 0.968 bits per heavy atom. The van der Waals surface area contributed by atoms with Gasteiger partial charge in [-0.05, 0) is 72.6 Å². The number of allylic oxidation sites excluding steroid dienone is 2. The topological polar surface area (TPSA) is 75.7 Å². The fourth-order valence-electron chi connectivity index (χ4n) is 5.88. The molecule has 6 nitrogen and oxygen atoms in total. The van der Waals surface area contributed by atoms with Crippen molar-refractivity contribution in [3.05, 3.63) is 66.2 Å². The molecule has 6 heteroatoms. The Labute approximate surface area is 179 Å². The normalized spacial score (nSPS) is 32.0. The molecule has 3 amide bonds. The number of nitrogens with one attached hydrogen (secondary N) is 1. The van der Waals surface area contributed by atoms with E-state index in [0.717, 1.165) is 6.42 Å². The van der Waals surface area contributed by atoms with Crippen LogP contribution in [0.3, 0.4) is 0 Å². The van der Waals surface area contributed by atoms with Crippen molar-refractivity contribution in [2.45, 2.75) is 6.42 Å². The van der Waals surface area contributed by atoms with E-state index in [1.165, 1.54) is 4.90 Å². The molecule has 0 aromatic heterocycles. The summed E-state index contributed by atoms with van der Waals surface area (Å²) in [6, 6.07) is 13.8. The first kappa shape index (κ1) is 18.4. The van der Waals surface area contributed by atoms with Gasteiger partial charge in [0.2, 0.25) is 11.8 Å². The number of carbonyl (C=O) groups is 3. The molecule has 2 aromatic rings. The summed E-state index contributed by atoms with van der Waals surface area (Å²) >= 11 is 0. The highest BCUT2D eigenvalue weighted by molar-refractivity contribution is 6.23. The maximum absolute atomic E-state index is 13.3. The molecule has 4 aliphatic carbocycles. The van der Waals surface area contributed by atoms with Gasteiger partial charge in [-0.1, -0.05) is 18.2 Å². The summed E-state index contributed by atoms with van der Waals surface area (Å²) in [6.45, 7) is 0. The second-order valence-corrected chi connectivity index (χ2v) is 8.90. The molecule has 31 heavy (non-hydrogen) atoms. The Bertz CT molecular complexity index is 1100. The Morgan fingerprint density at radius 3 is 2.23 bits per heavy atom. The zero-order valence-corrected chi connectivity index (χ0v) is 17.0. The lowest BCUT2D eigenvalue weighted by Gasteiger charge is -2.37. The van der Waals surface area contributed by atoms with E-state index in [9.17, 15) is 14.4 Å². The van der Waals surface area contributed by atoms with Crippen LogP contribution in [0.15, 0.2) is 60.7 Å². The summed E-state index contributed by atoms with van der Waals surface area (Å²) in [5, 5.41) is 2.84. The van der Waals surface area contributed by atoms with E-state index >= 15 is 0 Å². The number of carbonyl (C=O) groups excluding carboxylic acids is 3. The zero-order valence-electron chi connectivity index (χ0n) is 17.0. The second kappa shape index (κ2) is 6.54. The number of ether oxygens (including phenoxy) is 1. The highest BCUT2D eigenvalue weighted by Gasteiger charge is 2.67. The van der Waals surface area contributed by atoms with Crippen LogP contribution in [-0.4, -0.2) is 24.8 Å². The molecule has 2 saturated carbocycles. The molecular weight excluding hydrogens is 392 g/mol. The van der Waals surface area contributed by atoms with Crippen molar-refractivity contribution >= 4 is 29.1 Å². The van der Waals surface area contributed by atoms with Gasteiger partial charge in [0.1, 0.15) is 5.75 Å². The van der Waals surface area contributed by atoms with E-state index in [0.29, 0.717) is 34.5 Å². The van der Waals surface area contributed by atoms with E-state index in [-0.39, 0.29) is 41.4 Å². The van der Waals surface area contributed by atoms with Crippen molar-refractivity contribution in [2.24, 2.45) is 35.5 Å². The third kappa shape index (κ3) is 2.67. The summed E-state index contributed by atoms with van der Waals surface area (Å²) in [7, 11) is 1.58. The number of hydrogen-bond acceptors (Lipinski definition) is 4. The fourth-order valence-corrected chi connectivity index (χ4v) is 5.88. The molecule has 5 aliphatic rings. The molecule has 2 bridgehead atoms. The number of methoxy groups -OCH3 is 1. The minimum atomic E-state index is -0.300. The lowest BCUT2D eigenvalue weighted by molar-refractivity contribution is -0.124.